The first-order valence-corrected chi connectivity index (χ1v) is 6.61. The van der Waals surface area contributed by atoms with E-state index < -0.39 is 11.6 Å². The molecule has 0 fully saturated rings. The molecule has 0 aliphatic heterocycles. The summed E-state index contributed by atoms with van der Waals surface area (Å²) in [6.45, 7) is 7.20. The van der Waals surface area contributed by atoms with Crippen molar-refractivity contribution in [1.29, 1.82) is 0 Å². The molecule has 0 saturated carbocycles. The van der Waals surface area contributed by atoms with E-state index in [-0.39, 0.29) is 12.4 Å². The summed E-state index contributed by atoms with van der Waals surface area (Å²) in [4.78, 5) is 23.4. The van der Waals surface area contributed by atoms with Crippen LogP contribution in [0.1, 0.15) is 42.3 Å². The third-order valence-corrected chi connectivity index (χ3v) is 3.02. The van der Waals surface area contributed by atoms with Crippen LogP contribution in [0.3, 0.4) is 0 Å². The van der Waals surface area contributed by atoms with E-state index in [1.807, 2.05) is 0 Å². The van der Waals surface area contributed by atoms with Crippen molar-refractivity contribution < 1.29 is 19.1 Å². The van der Waals surface area contributed by atoms with Gasteiger partial charge in [-0.2, -0.15) is 0 Å². The minimum atomic E-state index is -0.547. The zero-order chi connectivity index (χ0) is 15.5. The molecular weight excluding hydrogens is 280 g/mol. The van der Waals surface area contributed by atoms with E-state index >= 15 is 0 Å². The molecule has 0 bridgehead atoms. The van der Waals surface area contributed by atoms with Gasteiger partial charge in [0.2, 0.25) is 0 Å². The van der Waals surface area contributed by atoms with Gasteiger partial charge in [0.1, 0.15) is 5.60 Å². The van der Waals surface area contributed by atoms with E-state index in [4.69, 9.17) is 16.3 Å². The van der Waals surface area contributed by atoms with Crippen LogP contribution in [0.2, 0.25) is 5.02 Å². The van der Waals surface area contributed by atoms with Gasteiger partial charge in [-0.05, 0) is 51.0 Å². The maximum absolute atomic E-state index is 11.9. The monoisotopic (exact) mass is 298 g/mol. The lowest BCUT2D eigenvalue weighted by molar-refractivity contribution is -0.153. The van der Waals surface area contributed by atoms with Gasteiger partial charge in [0.05, 0.1) is 19.1 Å². The van der Waals surface area contributed by atoms with Crippen LogP contribution < -0.4 is 0 Å². The number of hydrogen-bond donors (Lipinski definition) is 0. The lowest BCUT2D eigenvalue weighted by Crippen LogP contribution is -2.25. The molecule has 1 rings (SSSR count). The molecule has 1 aromatic rings. The predicted octanol–water partition coefficient (Wildman–Crippen LogP) is 3.32. The van der Waals surface area contributed by atoms with Crippen LogP contribution in [0.15, 0.2) is 12.1 Å². The maximum atomic E-state index is 11.9. The highest BCUT2D eigenvalue weighted by Gasteiger charge is 2.19. The molecule has 0 amide bonds. The summed E-state index contributed by atoms with van der Waals surface area (Å²) < 4.78 is 9.92. The molecule has 5 heteroatoms. The van der Waals surface area contributed by atoms with Crippen LogP contribution in [-0.2, 0) is 20.7 Å². The van der Waals surface area contributed by atoms with Crippen LogP contribution in [0, 0.1) is 6.92 Å². The number of halogens is 1. The lowest BCUT2D eigenvalue weighted by atomic mass is 10.0. The predicted molar refractivity (Wildman–Crippen MR) is 77.1 cm³/mol. The van der Waals surface area contributed by atoms with Gasteiger partial charge < -0.3 is 9.47 Å². The van der Waals surface area contributed by atoms with Crippen molar-refractivity contribution in [2.75, 3.05) is 7.11 Å². The molecule has 0 aromatic heterocycles. The van der Waals surface area contributed by atoms with Gasteiger partial charge in [-0.3, -0.25) is 4.79 Å². The molecule has 0 N–H and O–H groups in total. The summed E-state index contributed by atoms with van der Waals surface area (Å²) in [5.74, 6) is -0.851. The number of carbonyl (C=O) groups is 2. The van der Waals surface area contributed by atoms with E-state index in [0.717, 1.165) is 5.56 Å². The van der Waals surface area contributed by atoms with Crippen molar-refractivity contribution in [2.24, 2.45) is 0 Å². The number of carbonyl (C=O) groups excluding carboxylic acids is 2. The van der Waals surface area contributed by atoms with Gasteiger partial charge in [-0.1, -0.05) is 11.6 Å². The molecule has 110 valence electrons. The molecule has 0 heterocycles. The quantitative estimate of drug-likeness (QED) is 0.803. The van der Waals surface area contributed by atoms with Crippen molar-refractivity contribution in [3.8, 4) is 0 Å². The van der Waals surface area contributed by atoms with E-state index in [9.17, 15) is 9.59 Å². The van der Waals surface area contributed by atoms with E-state index in [0.29, 0.717) is 16.1 Å². The smallest absolute Gasteiger partial charge is 0.337 e. The van der Waals surface area contributed by atoms with Crippen molar-refractivity contribution in [2.45, 2.75) is 39.7 Å². The second kappa shape index (κ2) is 6.27. The Morgan fingerprint density at radius 3 is 2.35 bits per heavy atom. The van der Waals surface area contributed by atoms with Gasteiger partial charge in [0, 0.05) is 5.02 Å². The van der Waals surface area contributed by atoms with Crippen LogP contribution in [-0.4, -0.2) is 24.6 Å². The Morgan fingerprint density at radius 1 is 1.25 bits per heavy atom. The maximum Gasteiger partial charge on any atom is 0.337 e. The third-order valence-electron chi connectivity index (χ3n) is 2.63. The first kappa shape index (κ1) is 16.5. The average molecular weight is 299 g/mol. The van der Waals surface area contributed by atoms with Crippen LogP contribution in [0.4, 0.5) is 0 Å². The molecule has 0 atom stereocenters. The number of esters is 2. The molecule has 0 spiro atoms. The highest BCUT2D eigenvalue weighted by atomic mass is 35.5. The second-order valence-electron chi connectivity index (χ2n) is 5.50. The number of rotatable bonds is 3. The zero-order valence-electron chi connectivity index (χ0n) is 12.4. The van der Waals surface area contributed by atoms with E-state index in [1.165, 1.54) is 13.2 Å². The van der Waals surface area contributed by atoms with Crippen LogP contribution >= 0.6 is 11.6 Å². The SMILES string of the molecule is COC(=O)c1cc(Cl)c(C)c(CC(=O)OC(C)(C)C)c1. The fraction of sp³-hybridized carbons (Fsp3) is 0.467. The van der Waals surface area contributed by atoms with Gasteiger partial charge in [0.15, 0.2) is 0 Å². The minimum absolute atomic E-state index is 0.0632. The molecule has 0 aliphatic rings. The van der Waals surface area contributed by atoms with Gasteiger partial charge >= 0.3 is 11.9 Å². The van der Waals surface area contributed by atoms with E-state index in [2.05, 4.69) is 4.74 Å². The highest BCUT2D eigenvalue weighted by Crippen LogP contribution is 2.23. The fourth-order valence-electron chi connectivity index (χ4n) is 1.69. The molecular formula is C15H19ClO4. The standard InChI is InChI=1S/C15H19ClO4/c1-9-10(8-13(17)20-15(2,3)4)6-11(7-12(9)16)14(18)19-5/h6-7H,8H2,1-5H3. The summed E-state index contributed by atoms with van der Waals surface area (Å²) >= 11 is 6.08. The van der Waals surface area contributed by atoms with Gasteiger partial charge in [-0.25, -0.2) is 4.79 Å². The molecule has 0 unspecified atom stereocenters. The largest absolute Gasteiger partial charge is 0.465 e. The highest BCUT2D eigenvalue weighted by molar-refractivity contribution is 6.31. The Bertz CT molecular complexity index is 529. The molecule has 20 heavy (non-hydrogen) atoms. The summed E-state index contributed by atoms with van der Waals surface area (Å²) in [7, 11) is 1.30. The molecule has 0 aliphatic carbocycles. The Balaban J connectivity index is 3.03. The number of ether oxygens (including phenoxy) is 2. The van der Waals surface area contributed by atoms with Gasteiger partial charge in [0.25, 0.3) is 0 Å². The fourth-order valence-corrected chi connectivity index (χ4v) is 1.93. The van der Waals surface area contributed by atoms with Crippen molar-refractivity contribution in [1.82, 2.24) is 0 Å². The Kier molecular flexibility index (Phi) is 5.17. The zero-order valence-corrected chi connectivity index (χ0v) is 13.1. The number of methoxy groups -OCH3 is 1. The lowest BCUT2D eigenvalue weighted by Gasteiger charge is -2.20. The summed E-state index contributed by atoms with van der Waals surface area (Å²) in [5.41, 5.74) is 1.19. The summed E-state index contributed by atoms with van der Waals surface area (Å²) in [6.07, 6.45) is 0.0632. The molecule has 1 aromatic carbocycles. The van der Waals surface area contributed by atoms with Crippen LogP contribution in [0.25, 0.3) is 0 Å². The topological polar surface area (TPSA) is 52.6 Å². The first-order valence-electron chi connectivity index (χ1n) is 6.23. The van der Waals surface area contributed by atoms with Crippen molar-refractivity contribution in [3.63, 3.8) is 0 Å². The second-order valence-corrected chi connectivity index (χ2v) is 5.90. The Hall–Kier alpha value is -1.55. The van der Waals surface area contributed by atoms with Crippen LogP contribution in [0.5, 0.6) is 0 Å². The van der Waals surface area contributed by atoms with Crippen molar-refractivity contribution >= 4 is 23.5 Å². The Labute approximate surface area is 124 Å². The van der Waals surface area contributed by atoms with Gasteiger partial charge in [-0.15, -0.1) is 0 Å². The summed E-state index contributed by atoms with van der Waals surface area (Å²) in [6, 6.07) is 3.14. The normalized spacial score (nSPS) is 11.1. The van der Waals surface area contributed by atoms with Crippen molar-refractivity contribution in [3.05, 3.63) is 33.8 Å². The molecule has 0 radical (unpaired) electrons. The third kappa shape index (κ3) is 4.53. The Morgan fingerprint density at radius 2 is 1.85 bits per heavy atom. The summed E-state index contributed by atoms with van der Waals surface area (Å²) in [5, 5.41) is 0.423. The average Bonchev–Trinajstić information content (AvgIpc) is 2.31. The molecule has 4 nitrogen and oxygen atoms in total. The molecule has 0 saturated heterocycles. The first-order chi connectivity index (χ1) is 9.14. The minimum Gasteiger partial charge on any atom is -0.465 e. The number of benzene rings is 1. The number of hydrogen-bond acceptors (Lipinski definition) is 4. The van der Waals surface area contributed by atoms with E-state index in [1.54, 1.807) is 33.8 Å².